The Morgan fingerprint density at radius 1 is 0.365 bits per heavy atom. The van der Waals surface area contributed by atoms with Crippen LogP contribution in [0, 0.1) is 28.6 Å². The van der Waals surface area contributed by atoms with Crippen molar-refractivity contribution < 1.29 is 14.2 Å². The second-order valence-corrected chi connectivity index (χ2v) is 43.5. The third-order valence-electron chi connectivity index (χ3n) is 23.8. The summed E-state index contributed by atoms with van der Waals surface area (Å²) in [5.74, 6) is 2.54. The van der Waals surface area contributed by atoms with Crippen molar-refractivity contribution in [1.82, 2.24) is 62.6 Å². The van der Waals surface area contributed by atoms with E-state index in [0.29, 0.717) is 34.9 Å². The number of nitrogens with zero attached hydrogens (tertiary/aromatic N) is 3. The maximum atomic E-state index is 5.55. The first-order chi connectivity index (χ1) is 48.3. The van der Waals surface area contributed by atoms with Gasteiger partial charge in [0.15, 0.2) is 0 Å². The molecular formula is C89H182N12O3. The second-order valence-electron chi connectivity index (χ2n) is 43.5. The molecule has 11 rings (SSSR count). The predicted octanol–water partition coefficient (Wildman–Crippen LogP) is 16.3. The zero-order valence-corrected chi connectivity index (χ0v) is 74.1. The maximum absolute atomic E-state index is 5.55. The van der Waals surface area contributed by atoms with Crippen molar-refractivity contribution in [3.05, 3.63) is 0 Å². The Kier molecular flexibility index (Phi) is 39.9. The highest BCUT2D eigenvalue weighted by molar-refractivity contribution is 4.95. The molecule has 0 aromatic heterocycles. The van der Waals surface area contributed by atoms with Gasteiger partial charge in [0.05, 0.1) is 33.0 Å². The Labute approximate surface area is 646 Å². The largest absolute Gasteiger partial charge is 0.381 e. The van der Waals surface area contributed by atoms with Gasteiger partial charge in [-0.1, -0.05) is 41.0 Å². The van der Waals surface area contributed by atoms with Gasteiger partial charge in [0.1, 0.15) is 0 Å². The number of rotatable bonds is 16. The molecule has 616 valence electrons. The lowest BCUT2D eigenvalue weighted by Gasteiger charge is -2.43. The average molecular weight is 1470 g/mol. The summed E-state index contributed by atoms with van der Waals surface area (Å²) in [6.45, 7) is 76.4. The molecule has 6 saturated carbocycles. The molecule has 2 unspecified atom stereocenters. The standard InChI is InChI=1S/C15H30N2O.C14H29N.C13H26N2O.C13H26N2.C13H27N.C12H24N2.C9H20N2O/c1-12-11-18-10-7-14(12)17-8-5-13(6-9-17)16-15(2,3)4;1-6-14(5)9-7-12(8-10-14)11-15-13(2,3)4;1-13(2,3)14-11-4-5-12(10-11)15-6-8-16-9-7-15;1-13(2,3)15-12-8-6-11(7-9-12)14-10-4-5-10;1-12(2,3)14-10-11-6-8-13(4,5)9-7-11;1-12(2,3)13-10-6-8-14(9-7-10)11-4-5-11;1-9(2,3)11-6-8-7-12-5-4-10-8/h12-14,16H,5-11H2,1-4H3;12,15H,6-11H2,1-5H3;11-12,14H,4-10H2,1-3H3;10-12,14-15H,4-9H2,1-3H3;11,14H,6-10H2,1-5H3;10-11,13H,4-9H2,1-3H3;8,10-11H,4-7H2,1-3H3/t12-,14+;;11-,12?;;;;/m0.1..../s1. The fourth-order valence-corrected chi connectivity index (χ4v) is 17.1. The van der Waals surface area contributed by atoms with Crippen LogP contribution in [0.3, 0.4) is 0 Å². The Morgan fingerprint density at radius 2 is 0.750 bits per heavy atom. The smallest absolute Gasteiger partial charge is 0.0632 e. The van der Waals surface area contributed by atoms with Crippen molar-refractivity contribution in [3.63, 3.8) is 0 Å². The first kappa shape index (κ1) is 94.0. The molecule has 0 spiro atoms. The van der Waals surface area contributed by atoms with Crippen LogP contribution < -0.4 is 47.9 Å². The van der Waals surface area contributed by atoms with Crippen LogP contribution in [-0.4, -0.2) is 219 Å². The molecule has 5 atom stereocenters. The van der Waals surface area contributed by atoms with Gasteiger partial charge in [-0.05, 0) is 367 Å². The molecule has 0 amide bonds. The van der Waals surface area contributed by atoms with Gasteiger partial charge in [-0.15, -0.1) is 0 Å². The minimum Gasteiger partial charge on any atom is -0.381 e. The fourth-order valence-electron chi connectivity index (χ4n) is 17.1. The summed E-state index contributed by atoms with van der Waals surface area (Å²) < 4.78 is 16.3. The lowest BCUT2D eigenvalue weighted by Crippen LogP contribution is -2.53. The molecular weight excluding hydrogens is 1290 g/mol. The summed E-state index contributed by atoms with van der Waals surface area (Å²) in [6.07, 6.45) is 34.4. The highest BCUT2D eigenvalue weighted by Crippen LogP contribution is 2.41. The third-order valence-corrected chi connectivity index (χ3v) is 23.8. The predicted molar refractivity (Wildman–Crippen MR) is 450 cm³/mol. The molecule has 5 heterocycles. The summed E-state index contributed by atoms with van der Waals surface area (Å²) in [4.78, 5) is 8.00. The number of hydrogen-bond donors (Lipinski definition) is 9. The van der Waals surface area contributed by atoms with E-state index in [1.165, 1.54) is 200 Å². The Balaban J connectivity index is 0.000000219. The fraction of sp³-hybridized carbons (Fsp3) is 1.00. The molecule has 0 aromatic carbocycles. The molecule has 0 bridgehead atoms. The van der Waals surface area contributed by atoms with Crippen LogP contribution in [0.4, 0.5) is 0 Å². The molecule has 15 heteroatoms. The van der Waals surface area contributed by atoms with Crippen LogP contribution in [-0.2, 0) is 14.2 Å². The van der Waals surface area contributed by atoms with Crippen molar-refractivity contribution in [3.8, 4) is 0 Å². The number of piperidine rings is 2. The quantitative estimate of drug-likeness (QED) is 0.0722. The first-order valence-electron chi connectivity index (χ1n) is 44.1. The third kappa shape index (κ3) is 44.0. The summed E-state index contributed by atoms with van der Waals surface area (Å²) in [7, 11) is 0. The number of hydrogen-bond acceptors (Lipinski definition) is 15. The van der Waals surface area contributed by atoms with Gasteiger partial charge in [-0.25, -0.2) is 0 Å². The number of nitrogens with one attached hydrogen (secondary N) is 9. The van der Waals surface area contributed by atoms with Gasteiger partial charge in [-0.3, -0.25) is 9.80 Å². The highest BCUT2D eigenvalue weighted by atomic mass is 16.5. The lowest BCUT2D eigenvalue weighted by molar-refractivity contribution is -0.0149. The molecule has 5 saturated heterocycles. The highest BCUT2D eigenvalue weighted by Gasteiger charge is 2.37. The maximum Gasteiger partial charge on any atom is 0.0632 e. The monoisotopic (exact) mass is 1470 g/mol. The molecule has 11 fully saturated rings. The lowest BCUT2D eigenvalue weighted by atomic mass is 9.70. The molecule has 11 aliphatic rings. The number of morpholine rings is 2. The topological polar surface area (TPSA) is 146 Å². The first-order valence-corrected chi connectivity index (χ1v) is 44.1. The van der Waals surface area contributed by atoms with E-state index in [2.05, 4.69) is 243 Å². The molecule has 0 aromatic rings. The van der Waals surface area contributed by atoms with Gasteiger partial charge in [0.25, 0.3) is 0 Å². The molecule has 5 aliphatic heterocycles. The van der Waals surface area contributed by atoms with Crippen LogP contribution in [0.1, 0.15) is 341 Å². The van der Waals surface area contributed by atoms with Crippen LogP contribution in [0.2, 0.25) is 0 Å². The molecule has 6 aliphatic carbocycles. The Hall–Kier alpha value is -0.600. The van der Waals surface area contributed by atoms with Crippen LogP contribution >= 0.6 is 0 Å². The summed E-state index contributed by atoms with van der Waals surface area (Å²) in [5.41, 5.74) is 3.10. The minimum atomic E-state index is 0.207. The second kappa shape index (κ2) is 44.2. The van der Waals surface area contributed by atoms with Crippen molar-refractivity contribution in [1.29, 1.82) is 0 Å². The van der Waals surface area contributed by atoms with Gasteiger partial charge < -0.3 is 67.0 Å². The van der Waals surface area contributed by atoms with Crippen molar-refractivity contribution in [2.75, 3.05) is 105 Å². The molecule has 15 nitrogen and oxygen atoms in total. The number of ether oxygens (including phenoxy) is 3. The van der Waals surface area contributed by atoms with E-state index in [1.807, 2.05) is 0 Å². The zero-order valence-electron chi connectivity index (χ0n) is 74.1. The van der Waals surface area contributed by atoms with E-state index in [1.54, 1.807) is 0 Å². The van der Waals surface area contributed by atoms with Gasteiger partial charge in [0.2, 0.25) is 0 Å². The SMILES string of the molecule is CC(C)(C)NC1CCC(NC2CC2)CC1.CC(C)(C)NC1CCN(C2CC2)CC1.CC(C)(C)NCC1COCCN1.CC(C)(C)N[C@@H]1CCC(N2CCOCC2)C1.CC1(C)CCC(CNC(C)(C)C)CC1.CCC1(C)CCC(CNC(C)(C)C)CC1.C[C@H]1COCC[C@H]1N1CCC(NC(C)(C)C)CC1. The summed E-state index contributed by atoms with van der Waals surface area (Å²) >= 11 is 0. The van der Waals surface area contributed by atoms with E-state index < -0.39 is 0 Å². The average Bonchev–Trinajstić information content (AvgIpc) is 1.82. The Bertz CT molecular complexity index is 2190. The van der Waals surface area contributed by atoms with Crippen LogP contribution in [0.25, 0.3) is 0 Å². The molecule has 9 N–H and O–H groups in total. The van der Waals surface area contributed by atoms with E-state index in [4.69, 9.17) is 14.2 Å². The zero-order chi connectivity index (χ0) is 77.2. The van der Waals surface area contributed by atoms with E-state index in [0.717, 1.165) is 120 Å². The van der Waals surface area contributed by atoms with Crippen LogP contribution in [0.15, 0.2) is 0 Å². The van der Waals surface area contributed by atoms with E-state index in [-0.39, 0.29) is 38.8 Å². The minimum absolute atomic E-state index is 0.207. The van der Waals surface area contributed by atoms with Crippen molar-refractivity contribution in [2.24, 2.45) is 28.6 Å². The summed E-state index contributed by atoms with van der Waals surface area (Å²) in [6, 6.07) is 7.62. The van der Waals surface area contributed by atoms with Gasteiger partial charge in [0, 0.05) is 132 Å². The van der Waals surface area contributed by atoms with Crippen LogP contribution in [0.5, 0.6) is 0 Å². The Morgan fingerprint density at radius 3 is 1.16 bits per heavy atom. The van der Waals surface area contributed by atoms with Gasteiger partial charge in [-0.2, -0.15) is 0 Å². The molecule has 104 heavy (non-hydrogen) atoms. The van der Waals surface area contributed by atoms with Crippen molar-refractivity contribution >= 4 is 0 Å². The molecule has 0 radical (unpaired) electrons. The van der Waals surface area contributed by atoms with Gasteiger partial charge >= 0.3 is 0 Å². The van der Waals surface area contributed by atoms with E-state index >= 15 is 0 Å². The number of likely N-dealkylation sites (tertiary alicyclic amines) is 2. The van der Waals surface area contributed by atoms with Crippen molar-refractivity contribution in [2.45, 2.75) is 440 Å². The normalized spacial score (nSPS) is 30.1. The van der Waals surface area contributed by atoms with E-state index in [9.17, 15) is 0 Å². The summed E-state index contributed by atoms with van der Waals surface area (Å²) in [5, 5.41) is 32.8.